The second-order valence-electron chi connectivity index (χ2n) is 6.13. The number of likely N-dealkylation sites (N-methyl/N-ethyl adjacent to an activating group) is 1. The monoisotopic (exact) mass is 362 g/mol. The number of amides is 1. The van der Waals surface area contributed by atoms with Crippen LogP contribution in [0.1, 0.15) is 17.9 Å². The maximum Gasteiger partial charge on any atom is 0.225 e. The van der Waals surface area contributed by atoms with Crippen LogP contribution in [0, 0.1) is 22.7 Å². The van der Waals surface area contributed by atoms with Crippen LogP contribution in [0.2, 0.25) is 0 Å². The largest absolute Gasteiger partial charge is 0.762 e. The maximum atomic E-state index is 11.8. The molecular formula is C20H20N5O2-. The van der Waals surface area contributed by atoms with Crippen LogP contribution in [0.5, 0.6) is 0 Å². The van der Waals surface area contributed by atoms with E-state index < -0.39 is 5.92 Å². The quantitative estimate of drug-likeness (QED) is 0.636. The third kappa shape index (κ3) is 5.37. The third-order valence-electron chi connectivity index (χ3n) is 4.30. The molecular weight excluding hydrogens is 342 g/mol. The average Bonchev–Trinajstić information content (AvgIpc) is 2.70. The number of benzene rings is 1. The number of carbonyl (C=O) groups is 1. The topological polar surface area (TPSA) is 111 Å². The van der Waals surface area contributed by atoms with Crippen molar-refractivity contribution in [3.63, 3.8) is 0 Å². The Balaban J connectivity index is 0.000000313. The first-order valence-electron chi connectivity index (χ1n) is 8.53. The molecule has 1 amide bonds. The van der Waals surface area contributed by atoms with Gasteiger partial charge in [-0.15, -0.1) is 0 Å². The lowest BCUT2D eigenvalue weighted by atomic mass is 9.84. The fraction of sp³-hybridized carbons (Fsp3) is 0.350. The predicted molar refractivity (Wildman–Crippen MR) is 100 cm³/mol. The van der Waals surface area contributed by atoms with E-state index in [-0.39, 0.29) is 29.2 Å². The van der Waals surface area contributed by atoms with E-state index in [0.717, 1.165) is 31.9 Å². The van der Waals surface area contributed by atoms with Gasteiger partial charge >= 0.3 is 0 Å². The first-order valence-corrected chi connectivity index (χ1v) is 8.53. The molecule has 7 heteroatoms. The minimum atomic E-state index is -0.429. The molecule has 1 N–H and O–H groups in total. The van der Waals surface area contributed by atoms with E-state index >= 15 is 0 Å². The van der Waals surface area contributed by atoms with E-state index in [1.54, 1.807) is 11.9 Å². The molecule has 27 heavy (non-hydrogen) atoms. The van der Waals surface area contributed by atoms with Crippen molar-refractivity contribution in [2.24, 2.45) is 0 Å². The number of allylic oxidation sites excluding steroid dienone is 2. The smallest absolute Gasteiger partial charge is 0.225 e. The average molecular weight is 362 g/mol. The van der Waals surface area contributed by atoms with Crippen LogP contribution in [0.25, 0.3) is 5.41 Å². The first-order chi connectivity index (χ1) is 13.1. The van der Waals surface area contributed by atoms with Crippen molar-refractivity contribution >= 4 is 11.8 Å². The van der Waals surface area contributed by atoms with Crippen LogP contribution in [0.15, 0.2) is 47.2 Å². The van der Waals surface area contributed by atoms with Crippen molar-refractivity contribution in [1.29, 1.82) is 10.5 Å². The van der Waals surface area contributed by atoms with E-state index in [2.05, 4.69) is 17.3 Å². The van der Waals surface area contributed by atoms with Gasteiger partial charge in [0.2, 0.25) is 5.91 Å². The van der Waals surface area contributed by atoms with Gasteiger partial charge in [0.25, 0.3) is 0 Å². The Labute approximate surface area is 158 Å². The van der Waals surface area contributed by atoms with Crippen molar-refractivity contribution < 1.29 is 9.53 Å². The van der Waals surface area contributed by atoms with Gasteiger partial charge in [0.05, 0.1) is 36.1 Å². The Kier molecular flexibility index (Phi) is 7.49. The zero-order valence-electron chi connectivity index (χ0n) is 15.1. The molecule has 1 aromatic carbocycles. The zero-order chi connectivity index (χ0) is 19.6. The van der Waals surface area contributed by atoms with Gasteiger partial charge in [-0.1, -0.05) is 30.3 Å². The number of hydrogen-bond acceptors (Lipinski definition) is 5. The summed E-state index contributed by atoms with van der Waals surface area (Å²) in [6.07, 6.45) is 0.126. The van der Waals surface area contributed by atoms with Gasteiger partial charge in [-0.25, -0.2) is 5.87 Å². The first kappa shape index (κ1) is 20.1. The van der Waals surface area contributed by atoms with Crippen LogP contribution >= 0.6 is 0 Å². The molecule has 0 bridgehead atoms. The molecule has 1 unspecified atom stereocenters. The van der Waals surface area contributed by atoms with Crippen molar-refractivity contribution in [2.75, 3.05) is 33.4 Å². The van der Waals surface area contributed by atoms with Gasteiger partial charge < -0.3 is 20.4 Å². The summed E-state index contributed by atoms with van der Waals surface area (Å²) in [7, 11) is 2.11. The second kappa shape index (κ2) is 10.1. The predicted octanol–water partition coefficient (Wildman–Crippen LogP) is 1.71. The van der Waals surface area contributed by atoms with E-state index in [9.17, 15) is 10.1 Å². The highest BCUT2D eigenvalue weighted by Crippen LogP contribution is 2.33. The minimum absolute atomic E-state index is 0.0302. The van der Waals surface area contributed by atoms with Crippen LogP contribution in [-0.4, -0.2) is 50.0 Å². The lowest BCUT2D eigenvalue weighted by Gasteiger charge is -2.25. The number of nitrogens with zero attached hydrogens (tertiary/aromatic N) is 4. The molecule has 7 nitrogen and oxygen atoms in total. The zero-order valence-corrected chi connectivity index (χ0v) is 15.1. The van der Waals surface area contributed by atoms with Gasteiger partial charge in [-0.2, -0.15) is 10.5 Å². The second-order valence-corrected chi connectivity index (χ2v) is 6.13. The molecule has 1 saturated heterocycles. The molecule has 1 fully saturated rings. The lowest BCUT2D eigenvalue weighted by molar-refractivity contribution is -0.121. The number of carbonyl (C=O) groups excluding carboxylic acids is 1. The summed E-state index contributed by atoms with van der Waals surface area (Å²) in [4.78, 5) is 14.0. The number of hydrogen-bond donors (Lipinski definition) is 1. The third-order valence-corrected chi connectivity index (χ3v) is 4.30. The summed E-state index contributed by atoms with van der Waals surface area (Å²) in [5.41, 5.74) is 0.832. The van der Waals surface area contributed by atoms with Gasteiger partial charge in [0.1, 0.15) is 6.07 Å². The van der Waals surface area contributed by atoms with Gasteiger partial charge in [0, 0.05) is 25.4 Å². The van der Waals surface area contributed by atoms with Crippen molar-refractivity contribution in [3.8, 4) is 12.1 Å². The number of nitrogens with one attached hydrogen (secondary N) is 1. The number of nitriles is 2. The molecule has 0 saturated carbocycles. The molecule has 0 radical (unpaired) electrons. The van der Waals surface area contributed by atoms with Crippen LogP contribution in [-0.2, 0) is 9.53 Å². The summed E-state index contributed by atoms with van der Waals surface area (Å²) in [6, 6.07) is 12.8. The molecule has 2 heterocycles. The fourth-order valence-electron chi connectivity index (χ4n) is 2.81. The Hall–Kier alpha value is -3.22. The standard InChI is InChI=1S/C15H9N4O.C5H11NO/c16-7-11(8-17)15-13(9-18)12(6-14(20)19-15)10-4-2-1-3-5-10;1-6-2-4-7-5-3-6/h1-5,12H,6H2,(H,19,20);2-5H2,1H3/q-1;. The Morgan fingerprint density at radius 3 is 2.41 bits per heavy atom. The molecule has 2 aliphatic heterocycles. The number of morpholine rings is 1. The summed E-state index contributed by atoms with van der Waals surface area (Å²) in [5, 5.41) is 29.6. The molecule has 0 spiro atoms. The highest BCUT2D eigenvalue weighted by atomic mass is 16.5. The Bertz CT molecular complexity index is 835. The van der Waals surface area contributed by atoms with E-state index in [4.69, 9.17) is 15.4 Å². The molecule has 0 aliphatic carbocycles. The van der Waals surface area contributed by atoms with Gasteiger partial charge in [-0.3, -0.25) is 4.79 Å². The molecule has 1 aromatic rings. The Morgan fingerprint density at radius 2 is 1.93 bits per heavy atom. The van der Waals surface area contributed by atoms with Gasteiger partial charge in [0.15, 0.2) is 0 Å². The highest BCUT2D eigenvalue weighted by molar-refractivity contribution is 5.86. The molecule has 3 rings (SSSR count). The van der Waals surface area contributed by atoms with Crippen molar-refractivity contribution in [2.45, 2.75) is 12.3 Å². The number of rotatable bonds is 2. The van der Waals surface area contributed by atoms with E-state index in [1.165, 1.54) is 0 Å². The van der Waals surface area contributed by atoms with Crippen LogP contribution in [0.4, 0.5) is 0 Å². The van der Waals surface area contributed by atoms with Gasteiger partial charge in [-0.05, 0) is 12.6 Å². The number of ether oxygens (including phenoxy) is 1. The summed E-state index contributed by atoms with van der Waals surface area (Å²) < 4.78 is 5.10. The van der Waals surface area contributed by atoms with E-state index in [1.807, 2.05) is 36.4 Å². The summed E-state index contributed by atoms with van der Waals surface area (Å²) >= 11 is 0. The summed E-state index contributed by atoms with van der Waals surface area (Å²) in [6.45, 7) is 4.02. The maximum absolute atomic E-state index is 11.8. The lowest BCUT2D eigenvalue weighted by Crippen LogP contribution is -2.32. The highest BCUT2D eigenvalue weighted by Gasteiger charge is 2.30. The molecule has 0 aromatic heterocycles. The molecule has 138 valence electrons. The minimum Gasteiger partial charge on any atom is -0.762 e. The normalized spacial score (nSPS) is 19.5. The Morgan fingerprint density at radius 1 is 1.26 bits per heavy atom. The molecule has 2 aliphatic rings. The summed E-state index contributed by atoms with van der Waals surface area (Å²) in [5.74, 6) is 0.972. The van der Waals surface area contributed by atoms with Crippen molar-refractivity contribution in [1.82, 2.24) is 10.2 Å². The molecule has 1 atom stereocenters. The SMILES string of the molecule is CN1CCOCC1.N#CC(=C=[N-])C1=C(C#N)C(c2ccccc2)CC(=O)N1. The van der Waals surface area contributed by atoms with Crippen LogP contribution in [0.3, 0.4) is 0 Å². The van der Waals surface area contributed by atoms with E-state index in [0.29, 0.717) is 0 Å². The fourth-order valence-corrected chi connectivity index (χ4v) is 2.81. The van der Waals surface area contributed by atoms with Crippen molar-refractivity contribution in [3.05, 3.63) is 58.1 Å². The van der Waals surface area contributed by atoms with Crippen LogP contribution < -0.4 is 5.32 Å².